The van der Waals surface area contributed by atoms with Crippen molar-refractivity contribution in [2.45, 2.75) is 18.8 Å². The van der Waals surface area contributed by atoms with Crippen LogP contribution in [-0.2, 0) is 4.79 Å². The molecule has 1 aromatic carbocycles. The normalized spacial score (nSPS) is 22.1. The molecule has 0 N–H and O–H groups in total. The molecule has 1 fully saturated rings. The van der Waals surface area contributed by atoms with Crippen molar-refractivity contribution in [3.8, 4) is 0 Å². The van der Waals surface area contributed by atoms with Crippen LogP contribution in [0.3, 0.4) is 0 Å². The standard InChI is InChI=1S/C10H9ClO/c11-8-3-1-2-7(6-8)9-4-5-10(9)12/h1-3,6,9H,4-5H2/t9-/m1/s1. The predicted molar refractivity (Wildman–Crippen MR) is 48.4 cm³/mol. The minimum Gasteiger partial charge on any atom is -0.299 e. The summed E-state index contributed by atoms with van der Waals surface area (Å²) in [5.74, 6) is 0.473. The highest BCUT2D eigenvalue weighted by Gasteiger charge is 2.29. The number of rotatable bonds is 1. The molecule has 0 aliphatic heterocycles. The Morgan fingerprint density at radius 2 is 2.25 bits per heavy atom. The van der Waals surface area contributed by atoms with Crippen LogP contribution in [0.2, 0.25) is 5.02 Å². The van der Waals surface area contributed by atoms with E-state index in [1.807, 2.05) is 24.3 Å². The molecule has 1 aliphatic rings. The van der Waals surface area contributed by atoms with Crippen LogP contribution in [-0.4, -0.2) is 5.78 Å². The van der Waals surface area contributed by atoms with Gasteiger partial charge in [0.2, 0.25) is 0 Å². The topological polar surface area (TPSA) is 17.1 Å². The van der Waals surface area contributed by atoms with Crippen LogP contribution in [0, 0.1) is 0 Å². The fourth-order valence-electron chi connectivity index (χ4n) is 1.48. The summed E-state index contributed by atoms with van der Waals surface area (Å²) >= 11 is 5.81. The molecule has 1 aromatic rings. The Bertz CT molecular complexity index is 319. The predicted octanol–water partition coefficient (Wildman–Crippen LogP) is 2.79. The number of carbonyl (C=O) groups is 1. The van der Waals surface area contributed by atoms with E-state index in [2.05, 4.69) is 0 Å². The average molecular weight is 181 g/mol. The van der Waals surface area contributed by atoms with E-state index in [1.165, 1.54) is 0 Å². The molecule has 0 amide bonds. The van der Waals surface area contributed by atoms with Gasteiger partial charge in [0.1, 0.15) is 5.78 Å². The highest BCUT2D eigenvalue weighted by Crippen LogP contribution is 2.33. The van der Waals surface area contributed by atoms with Crippen molar-refractivity contribution in [3.05, 3.63) is 34.9 Å². The molecule has 1 aliphatic carbocycles. The van der Waals surface area contributed by atoms with Gasteiger partial charge in [-0.2, -0.15) is 0 Å². The van der Waals surface area contributed by atoms with Crippen LogP contribution in [0.25, 0.3) is 0 Å². The molecule has 1 atom stereocenters. The van der Waals surface area contributed by atoms with Crippen molar-refractivity contribution in [2.75, 3.05) is 0 Å². The summed E-state index contributed by atoms with van der Waals surface area (Å²) in [6.07, 6.45) is 1.72. The molecule has 0 aromatic heterocycles. The molecule has 1 nitrogen and oxygen atoms in total. The number of hydrogen-bond donors (Lipinski definition) is 0. The second-order valence-corrected chi connectivity index (χ2v) is 3.55. The zero-order chi connectivity index (χ0) is 8.55. The van der Waals surface area contributed by atoms with Crippen molar-refractivity contribution in [1.29, 1.82) is 0 Å². The monoisotopic (exact) mass is 180 g/mol. The number of ketones is 1. The molecule has 0 heterocycles. The first-order valence-corrected chi connectivity index (χ1v) is 4.43. The van der Waals surface area contributed by atoms with Crippen LogP contribution in [0.4, 0.5) is 0 Å². The molecule has 2 heteroatoms. The molecule has 0 spiro atoms. The van der Waals surface area contributed by atoms with Gasteiger partial charge >= 0.3 is 0 Å². The Labute approximate surface area is 76.4 Å². The second-order valence-electron chi connectivity index (χ2n) is 3.11. The van der Waals surface area contributed by atoms with Crippen molar-refractivity contribution in [2.24, 2.45) is 0 Å². The summed E-state index contributed by atoms with van der Waals surface area (Å²) in [5, 5.41) is 0.715. The molecular formula is C10H9ClO. The third-order valence-corrected chi connectivity index (χ3v) is 2.55. The number of Topliss-reactive ketones (excluding diaryl/α,β-unsaturated/α-hetero) is 1. The Kier molecular flexibility index (Phi) is 1.89. The van der Waals surface area contributed by atoms with E-state index in [-0.39, 0.29) is 5.92 Å². The lowest BCUT2D eigenvalue weighted by Gasteiger charge is -2.24. The third-order valence-electron chi connectivity index (χ3n) is 2.32. The van der Waals surface area contributed by atoms with Gasteiger partial charge in [-0.1, -0.05) is 23.7 Å². The van der Waals surface area contributed by atoms with Gasteiger partial charge in [-0.05, 0) is 24.1 Å². The van der Waals surface area contributed by atoms with Crippen molar-refractivity contribution in [1.82, 2.24) is 0 Å². The van der Waals surface area contributed by atoms with E-state index in [0.717, 1.165) is 18.4 Å². The lowest BCUT2D eigenvalue weighted by molar-refractivity contribution is -0.125. The lowest BCUT2D eigenvalue weighted by atomic mass is 9.79. The van der Waals surface area contributed by atoms with Crippen molar-refractivity contribution < 1.29 is 4.79 Å². The van der Waals surface area contributed by atoms with E-state index in [1.54, 1.807) is 0 Å². The fraction of sp³-hybridized carbons (Fsp3) is 0.300. The molecule has 2 rings (SSSR count). The Balaban J connectivity index is 2.28. The number of halogens is 1. The average Bonchev–Trinajstić information content (AvgIpc) is 2.02. The maximum absolute atomic E-state index is 11.1. The Morgan fingerprint density at radius 1 is 1.42 bits per heavy atom. The van der Waals surface area contributed by atoms with Gasteiger partial charge in [0.25, 0.3) is 0 Å². The number of carbonyl (C=O) groups excluding carboxylic acids is 1. The summed E-state index contributed by atoms with van der Waals surface area (Å²) in [7, 11) is 0. The molecule has 0 unspecified atom stereocenters. The zero-order valence-electron chi connectivity index (χ0n) is 6.59. The van der Waals surface area contributed by atoms with Crippen LogP contribution >= 0.6 is 11.6 Å². The third kappa shape index (κ3) is 1.25. The quantitative estimate of drug-likeness (QED) is 0.650. The minimum atomic E-state index is 0.128. The van der Waals surface area contributed by atoms with Gasteiger partial charge < -0.3 is 0 Å². The summed E-state index contributed by atoms with van der Waals surface area (Å²) in [4.78, 5) is 11.1. The molecule has 0 bridgehead atoms. The molecule has 0 radical (unpaired) electrons. The van der Waals surface area contributed by atoms with Crippen molar-refractivity contribution in [3.63, 3.8) is 0 Å². The maximum atomic E-state index is 11.1. The Hall–Kier alpha value is -0.820. The molecule has 62 valence electrons. The van der Waals surface area contributed by atoms with Gasteiger partial charge in [0.15, 0.2) is 0 Å². The van der Waals surface area contributed by atoms with E-state index in [0.29, 0.717) is 10.8 Å². The van der Waals surface area contributed by atoms with E-state index in [9.17, 15) is 4.79 Å². The van der Waals surface area contributed by atoms with Crippen molar-refractivity contribution >= 4 is 17.4 Å². The largest absolute Gasteiger partial charge is 0.299 e. The van der Waals surface area contributed by atoms with Gasteiger partial charge in [-0.25, -0.2) is 0 Å². The zero-order valence-corrected chi connectivity index (χ0v) is 7.34. The summed E-state index contributed by atoms with van der Waals surface area (Å²) < 4.78 is 0. The molecule has 12 heavy (non-hydrogen) atoms. The molecular weight excluding hydrogens is 172 g/mol. The first-order chi connectivity index (χ1) is 5.77. The molecule has 0 saturated heterocycles. The Morgan fingerprint density at radius 3 is 2.75 bits per heavy atom. The van der Waals surface area contributed by atoms with Gasteiger partial charge in [-0.15, -0.1) is 0 Å². The van der Waals surface area contributed by atoms with Crippen LogP contribution in [0.5, 0.6) is 0 Å². The van der Waals surface area contributed by atoms with Gasteiger partial charge in [-0.3, -0.25) is 4.79 Å². The smallest absolute Gasteiger partial charge is 0.140 e. The highest BCUT2D eigenvalue weighted by atomic mass is 35.5. The maximum Gasteiger partial charge on any atom is 0.140 e. The van der Waals surface area contributed by atoms with Crippen LogP contribution in [0.15, 0.2) is 24.3 Å². The van der Waals surface area contributed by atoms with E-state index < -0.39 is 0 Å². The van der Waals surface area contributed by atoms with Crippen LogP contribution in [0.1, 0.15) is 24.3 Å². The van der Waals surface area contributed by atoms with E-state index >= 15 is 0 Å². The minimum absolute atomic E-state index is 0.128. The second kappa shape index (κ2) is 2.91. The first-order valence-electron chi connectivity index (χ1n) is 4.05. The van der Waals surface area contributed by atoms with Gasteiger partial charge in [0, 0.05) is 17.4 Å². The highest BCUT2D eigenvalue weighted by molar-refractivity contribution is 6.30. The molecule has 1 saturated carbocycles. The summed E-state index contributed by atoms with van der Waals surface area (Å²) in [5.41, 5.74) is 1.07. The van der Waals surface area contributed by atoms with Gasteiger partial charge in [0.05, 0.1) is 0 Å². The first kappa shape index (κ1) is 7.81. The van der Waals surface area contributed by atoms with E-state index in [4.69, 9.17) is 11.6 Å². The summed E-state index contributed by atoms with van der Waals surface area (Å²) in [6, 6.07) is 7.56. The van der Waals surface area contributed by atoms with Crippen LogP contribution < -0.4 is 0 Å². The fourth-order valence-corrected chi connectivity index (χ4v) is 1.68. The SMILES string of the molecule is O=C1CC[C@@H]1c1cccc(Cl)c1. The number of benzene rings is 1. The lowest BCUT2D eigenvalue weighted by Crippen LogP contribution is -2.22. The number of hydrogen-bond acceptors (Lipinski definition) is 1. The summed E-state index contributed by atoms with van der Waals surface area (Å²) in [6.45, 7) is 0.